The summed E-state index contributed by atoms with van der Waals surface area (Å²) in [4.78, 5) is 11.8. The summed E-state index contributed by atoms with van der Waals surface area (Å²) in [5.41, 5.74) is 1.87. The molecular weight excluding hydrogens is 240 g/mol. The molecule has 0 bridgehead atoms. The highest BCUT2D eigenvalue weighted by molar-refractivity contribution is 5.94. The first kappa shape index (κ1) is 15.7. The van der Waals surface area contributed by atoms with Crippen LogP contribution in [0, 0.1) is 6.92 Å². The number of hydrogen-bond acceptors (Lipinski definition) is 3. The molecule has 0 aromatic heterocycles. The monoisotopic (exact) mass is 264 g/mol. The number of ether oxygens (including phenoxy) is 1. The van der Waals surface area contributed by atoms with E-state index in [0.717, 1.165) is 38.1 Å². The minimum Gasteiger partial charge on any atom is -0.385 e. The minimum absolute atomic E-state index is 0.0128. The van der Waals surface area contributed by atoms with Crippen LogP contribution in [0.4, 0.5) is 0 Å². The minimum atomic E-state index is -0.0128. The molecule has 0 aliphatic heterocycles. The third kappa shape index (κ3) is 6.94. The number of benzene rings is 1. The summed E-state index contributed by atoms with van der Waals surface area (Å²) in [5, 5.41) is 6.18. The van der Waals surface area contributed by atoms with Gasteiger partial charge < -0.3 is 15.4 Å². The van der Waals surface area contributed by atoms with Crippen molar-refractivity contribution in [3.8, 4) is 0 Å². The van der Waals surface area contributed by atoms with Crippen LogP contribution in [0.5, 0.6) is 0 Å². The summed E-state index contributed by atoms with van der Waals surface area (Å²) in [7, 11) is 1.72. The molecule has 106 valence electrons. The Hall–Kier alpha value is -1.39. The van der Waals surface area contributed by atoms with Crippen LogP contribution in [0.2, 0.25) is 0 Å². The number of carbonyl (C=O) groups excluding carboxylic acids is 1. The van der Waals surface area contributed by atoms with Gasteiger partial charge in [0.2, 0.25) is 0 Å². The molecule has 1 rings (SSSR count). The van der Waals surface area contributed by atoms with E-state index < -0.39 is 0 Å². The number of hydrogen-bond donors (Lipinski definition) is 2. The Morgan fingerprint density at radius 1 is 1.11 bits per heavy atom. The SMILES string of the molecule is COCCCCNCCNC(=O)c1ccc(C)cc1. The lowest BCUT2D eigenvalue weighted by Crippen LogP contribution is -2.32. The van der Waals surface area contributed by atoms with Crippen LogP contribution in [0.1, 0.15) is 28.8 Å². The molecule has 0 radical (unpaired) electrons. The Labute approximate surface area is 115 Å². The fourth-order valence-corrected chi connectivity index (χ4v) is 1.69. The van der Waals surface area contributed by atoms with Gasteiger partial charge in [-0.25, -0.2) is 0 Å². The van der Waals surface area contributed by atoms with Crippen LogP contribution in [-0.2, 0) is 4.74 Å². The Morgan fingerprint density at radius 2 is 1.84 bits per heavy atom. The topological polar surface area (TPSA) is 50.4 Å². The Balaban J connectivity index is 2.06. The Kier molecular flexibility index (Phi) is 7.86. The van der Waals surface area contributed by atoms with Gasteiger partial charge in [0.25, 0.3) is 5.91 Å². The van der Waals surface area contributed by atoms with E-state index in [4.69, 9.17) is 4.74 Å². The predicted molar refractivity (Wildman–Crippen MR) is 77.5 cm³/mol. The average Bonchev–Trinajstić information content (AvgIpc) is 2.42. The lowest BCUT2D eigenvalue weighted by atomic mass is 10.1. The molecule has 0 saturated heterocycles. The van der Waals surface area contributed by atoms with Crippen molar-refractivity contribution < 1.29 is 9.53 Å². The van der Waals surface area contributed by atoms with Gasteiger partial charge in [-0.3, -0.25) is 4.79 Å². The number of aryl methyl sites for hydroxylation is 1. The first-order valence-corrected chi connectivity index (χ1v) is 6.78. The molecule has 1 amide bonds. The summed E-state index contributed by atoms with van der Waals surface area (Å²) in [6, 6.07) is 7.59. The van der Waals surface area contributed by atoms with Gasteiger partial charge in [-0.15, -0.1) is 0 Å². The van der Waals surface area contributed by atoms with Gasteiger partial charge in [0, 0.05) is 32.4 Å². The summed E-state index contributed by atoms with van der Waals surface area (Å²) < 4.78 is 4.97. The molecule has 19 heavy (non-hydrogen) atoms. The van der Waals surface area contributed by atoms with Gasteiger partial charge >= 0.3 is 0 Å². The fourth-order valence-electron chi connectivity index (χ4n) is 1.69. The number of rotatable bonds is 9. The largest absolute Gasteiger partial charge is 0.385 e. The van der Waals surface area contributed by atoms with Crippen molar-refractivity contribution in [3.05, 3.63) is 35.4 Å². The predicted octanol–water partition coefficient (Wildman–Crippen LogP) is 1.74. The van der Waals surface area contributed by atoms with Crippen LogP contribution in [0.15, 0.2) is 24.3 Å². The molecule has 0 spiro atoms. The fraction of sp³-hybridized carbons (Fsp3) is 0.533. The summed E-state index contributed by atoms with van der Waals surface area (Å²) in [5.74, 6) is -0.0128. The van der Waals surface area contributed by atoms with E-state index in [0.29, 0.717) is 12.1 Å². The molecule has 0 saturated carbocycles. The van der Waals surface area contributed by atoms with Crippen LogP contribution >= 0.6 is 0 Å². The highest BCUT2D eigenvalue weighted by Crippen LogP contribution is 2.02. The molecule has 0 aliphatic rings. The molecule has 0 aliphatic carbocycles. The second kappa shape index (κ2) is 9.53. The van der Waals surface area contributed by atoms with Crippen molar-refractivity contribution in [2.45, 2.75) is 19.8 Å². The Bertz CT molecular complexity index is 363. The van der Waals surface area contributed by atoms with E-state index in [2.05, 4.69) is 10.6 Å². The molecule has 0 fully saturated rings. The van der Waals surface area contributed by atoms with E-state index >= 15 is 0 Å². The number of unbranched alkanes of at least 4 members (excludes halogenated alkanes) is 1. The molecular formula is C15H24N2O2. The average molecular weight is 264 g/mol. The van der Waals surface area contributed by atoms with Crippen molar-refractivity contribution in [2.24, 2.45) is 0 Å². The van der Waals surface area contributed by atoms with Crippen molar-refractivity contribution in [2.75, 3.05) is 33.4 Å². The summed E-state index contributed by atoms with van der Waals surface area (Å²) in [6.45, 7) is 5.23. The molecule has 1 aromatic carbocycles. The highest BCUT2D eigenvalue weighted by Gasteiger charge is 2.03. The Morgan fingerprint density at radius 3 is 2.53 bits per heavy atom. The van der Waals surface area contributed by atoms with Crippen LogP contribution in [-0.4, -0.2) is 39.3 Å². The molecule has 2 N–H and O–H groups in total. The number of methoxy groups -OCH3 is 1. The van der Waals surface area contributed by atoms with Gasteiger partial charge in [-0.05, 0) is 38.4 Å². The van der Waals surface area contributed by atoms with Crippen LogP contribution in [0.25, 0.3) is 0 Å². The van der Waals surface area contributed by atoms with E-state index in [-0.39, 0.29) is 5.91 Å². The third-order valence-electron chi connectivity index (χ3n) is 2.85. The lowest BCUT2D eigenvalue weighted by Gasteiger charge is -2.07. The quantitative estimate of drug-likeness (QED) is 0.668. The van der Waals surface area contributed by atoms with Crippen molar-refractivity contribution in [3.63, 3.8) is 0 Å². The zero-order valence-electron chi connectivity index (χ0n) is 11.9. The number of nitrogens with one attached hydrogen (secondary N) is 2. The summed E-state index contributed by atoms with van der Waals surface area (Å²) in [6.07, 6.45) is 2.17. The van der Waals surface area contributed by atoms with Crippen LogP contribution in [0.3, 0.4) is 0 Å². The zero-order valence-corrected chi connectivity index (χ0v) is 11.9. The second-order valence-electron chi connectivity index (χ2n) is 4.57. The maximum Gasteiger partial charge on any atom is 0.251 e. The maximum atomic E-state index is 11.8. The standard InChI is InChI=1S/C15H24N2O2/c1-13-5-7-14(8-6-13)15(18)17-11-10-16-9-3-4-12-19-2/h5-8,16H,3-4,9-12H2,1-2H3,(H,17,18). The first-order chi connectivity index (χ1) is 9.24. The van der Waals surface area contributed by atoms with Gasteiger partial charge in [0.05, 0.1) is 0 Å². The molecule has 0 unspecified atom stereocenters. The maximum absolute atomic E-state index is 11.8. The van der Waals surface area contributed by atoms with Gasteiger partial charge in [0.1, 0.15) is 0 Å². The van der Waals surface area contributed by atoms with E-state index in [9.17, 15) is 4.79 Å². The van der Waals surface area contributed by atoms with E-state index in [1.54, 1.807) is 7.11 Å². The zero-order chi connectivity index (χ0) is 13.9. The molecule has 0 atom stereocenters. The lowest BCUT2D eigenvalue weighted by molar-refractivity contribution is 0.0954. The van der Waals surface area contributed by atoms with Crippen molar-refractivity contribution >= 4 is 5.91 Å². The van der Waals surface area contributed by atoms with Gasteiger partial charge in [-0.2, -0.15) is 0 Å². The van der Waals surface area contributed by atoms with Crippen molar-refractivity contribution in [1.82, 2.24) is 10.6 Å². The third-order valence-corrected chi connectivity index (χ3v) is 2.85. The van der Waals surface area contributed by atoms with E-state index in [1.807, 2.05) is 31.2 Å². The van der Waals surface area contributed by atoms with Gasteiger partial charge in [0.15, 0.2) is 0 Å². The van der Waals surface area contributed by atoms with E-state index in [1.165, 1.54) is 0 Å². The van der Waals surface area contributed by atoms with Gasteiger partial charge in [-0.1, -0.05) is 17.7 Å². The smallest absolute Gasteiger partial charge is 0.251 e. The molecule has 0 heterocycles. The second-order valence-corrected chi connectivity index (χ2v) is 4.57. The highest BCUT2D eigenvalue weighted by atomic mass is 16.5. The van der Waals surface area contributed by atoms with Crippen LogP contribution < -0.4 is 10.6 Å². The number of carbonyl (C=O) groups is 1. The molecule has 4 heteroatoms. The number of amides is 1. The molecule has 4 nitrogen and oxygen atoms in total. The van der Waals surface area contributed by atoms with Crippen molar-refractivity contribution in [1.29, 1.82) is 0 Å². The molecule has 1 aromatic rings. The normalized spacial score (nSPS) is 10.4. The first-order valence-electron chi connectivity index (χ1n) is 6.78. The summed E-state index contributed by atoms with van der Waals surface area (Å²) >= 11 is 0.